The Balaban J connectivity index is 2.43. The van der Waals surface area contributed by atoms with E-state index < -0.39 is 0 Å². The molecule has 1 N–H and O–H groups in total. The fourth-order valence-electron chi connectivity index (χ4n) is 2.34. The molecule has 114 valence electrons. The summed E-state index contributed by atoms with van der Waals surface area (Å²) in [5.74, 6) is 2.81. The molecule has 1 heterocycles. The van der Waals surface area contributed by atoms with Crippen molar-refractivity contribution < 1.29 is 9.15 Å². The molecule has 3 nitrogen and oxygen atoms in total. The molecule has 1 unspecified atom stereocenters. The van der Waals surface area contributed by atoms with E-state index in [0.717, 1.165) is 40.3 Å². The van der Waals surface area contributed by atoms with Crippen molar-refractivity contribution in [3.05, 3.63) is 51.9 Å². The van der Waals surface area contributed by atoms with Gasteiger partial charge in [0.25, 0.3) is 0 Å². The highest BCUT2D eigenvalue weighted by Crippen LogP contribution is 2.33. The maximum atomic E-state index is 5.94. The van der Waals surface area contributed by atoms with Crippen LogP contribution in [0.2, 0.25) is 0 Å². The highest BCUT2D eigenvalue weighted by atomic mass is 79.9. The molecule has 1 atom stereocenters. The fraction of sp³-hybridized carbons (Fsp3) is 0.412. The van der Waals surface area contributed by atoms with Crippen molar-refractivity contribution in [2.75, 3.05) is 13.2 Å². The number of aryl methyl sites for hydroxylation is 1. The van der Waals surface area contributed by atoms with Crippen molar-refractivity contribution >= 4 is 15.9 Å². The molecule has 21 heavy (non-hydrogen) atoms. The van der Waals surface area contributed by atoms with Gasteiger partial charge in [0.15, 0.2) is 0 Å². The van der Waals surface area contributed by atoms with Gasteiger partial charge in [0.2, 0.25) is 0 Å². The molecule has 0 aliphatic rings. The third-order valence-electron chi connectivity index (χ3n) is 3.31. The molecule has 0 spiro atoms. The normalized spacial score (nSPS) is 12.4. The summed E-state index contributed by atoms with van der Waals surface area (Å²) in [6.07, 6.45) is 0.898. The van der Waals surface area contributed by atoms with Crippen LogP contribution in [-0.4, -0.2) is 13.2 Å². The zero-order valence-electron chi connectivity index (χ0n) is 12.8. The highest BCUT2D eigenvalue weighted by molar-refractivity contribution is 9.10. The number of ether oxygens (including phenoxy) is 1. The van der Waals surface area contributed by atoms with Gasteiger partial charge in [-0.15, -0.1) is 0 Å². The van der Waals surface area contributed by atoms with Gasteiger partial charge in [-0.3, -0.25) is 0 Å². The van der Waals surface area contributed by atoms with Crippen molar-refractivity contribution in [3.8, 4) is 5.75 Å². The third kappa shape index (κ3) is 3.89. The molecule has 0 saturated carbocycles. The van der Waals surface area contributed by atoms with Crippen molar-refractivity contribution in [2.45, 2.75) is 33.2 Å². The number of rotatable bonds is 7. The third-order valence-corrected chi connectivity index (χ3v) is 3.80. The zero-order chi connectivity index (χ0) is 15.2. The fourth-order valence-corrected chi connectivity index (χ4v) is 2.72. The molecule has 4 heteroatoms. The van der Waals surface area contributed by atoms with Crippen molar-refractivity contribution in [1.29, 1.82) is 0 Å². The van der Waals surface area contributed by atoms with Gasteiger partial charge in [-0.25, -0.2) is 0 Å². The van der Waals surface area contributed by atoms with Crippen LogP contribution in [0.1, 0.15) is 43.9 Å². The van der Waals surface area contributed by atoms with Crippen LogP contribution < -0.4 is 10.1 Å². The summed E-state index contributed by atoms with van der Waals surface area (Å²) in [6, 6.07) is 10.2. The van der Waals surface area contributed by atoms with Gasteiger partial charge in [0.1, 0.15) is 17.3 Å². The van der Waals surface area contributed by atoms with Gasteiger partial charge in [0, 0.05) is 16.5 Å². The van der Waals surface area contributed by atoms with Gasteiger partial charge < -0.3 is 14.5 Å². The Labute approximate surface area is 134 Å². The van der Waals surface area contributed by atoms with Gasteiger partial charge in [0.05, 0.1) is 12.6 Å². The van der Waals surface area contributed by atoms with E-state index in [2.05, 4.69) is 41.2 Å². The second kappa shape index (κ2) is 7.66. The summed E-state index contributed by atoms with van der Waals surface area (Å²) >= 11 is 3.54. The van der Waals surface area contributed by atoms with E-state index in [-0.39, 0.29) is 6.04 Å². The van der Waals surface area contributed by atoms with E-state index in [9.17, 15) is 0 Å². The first-order valence-electron chi connectivity index (χ1n) is 7.43. The van der Waals surface area contributed by atoms with E-state index in [0.29, 0.717) is 6.61 Å². The lowest BCUT2D eigenvalue weighted by Crippen LogP contribution is -2.22. The Morgan fingerprint density at radius 1 is 1.19 bits per heavy atom. The first-order chi connectivity index (χ1) is 10.2. The van der Waals surface area contributed by atoms with Crippen LogP contribution in [0.5, 0.6) is 5.75 Å². The minimum atomic E-state index is -0.00523. The lowest BCUT2D eigenvalue weighted by molar-refractivity contribution is 0.330. The summed E-state index contributed by atoms with van der Waals surface area (Å²) in [7, 11) is 0. The van der Waals surface area contributed by atoms with Gasteiger partial charge in [-0.1, -0.05) is 29.8 Å². The van der Waals surface area contributed by atoms with Crippen LogP contribution in [0.3, 0.4) is 0 Å². The number of nitrogens with one attached hydrogen (secondary N) is 1. The van der Waals surface area contributed by atoms with Gasteiger partial charge in [-0.05, 0) is 43.8 Å². The predicted molar refractivity (Wildman–Crippen MR) is 88.9 cm³/mol. The Morgan fingerprint density at radius 3 is 2.62 bits per heavy atom. The Kier molecular flexibility index (Phi) is 5.88. The molecule has 0 amide bonds. The second-order valence-electron chi connectivity index (χ2n) is 4.76. The predicted octanol–water partition coefficient (Wildman–Crippen LogP) is 4.70. The second-order valence-corrected chi connectivity index (χ2v) is 5.68. The van der Waals surface area contributed by atoms with Crippen LogP contribution in [0.15, 0.2) is 39.2 Å². The molecule has 1 aromatic heterocycles. The molecule has 0 radical (unpaired) electrons. The van der Waals surface area contributed by atoms with Gasteiger partial charge in [-0.2, -0.15) is 0 Å². The number of halogens is 1. The largest absolute Gasteiger partial charge is 0.494 e. The molecule has 2 rings (SSSR count). The van der Waals surface area contributed by atoms with E-state index in [1.54, 1.807) is 0 Å². The Bertz CT molecular complexity index is 580. The quantitative estimate of drug-likeness (QED) is 0.784. The molecular formula is C17H22BrNO2. The monoisotopic (exact) mass is 351 g/mol. The zero-order valence-corrected chi connectivity index (χ0v) is 14.4. The molecule has 0 bridgehead atoms. The van der Waals surface area contributed by atoms with Crippen LogP contribution in [0.4, 0.5) is 0 Å². The topological polar surface area (TPSA) is 34.4 Å². The van der Waals surface area contributed by atoms with E-state index in [1.165, 1.54) is 0 Å². The van der Waals surface area contributed by atoms with Crippen LogP contribution in [0.25, 0.3) is 0 Å². The Morgan fingerprint density at radius 2 is 2.00 bits per heavy atom. The summed E-state index contributed by atoms with van der Waals surface area (Å²) in [5, 5.41) is 3.48. The average Bonchev–Trinajstić information content (AvgIpc) is 2.95. The van der Waals surface area contributed by atoms with Crippen LogP contribution >= 0.6 is 15.9 Å². The smallest absolute Gasteiger partial charge is 0.125 e. The van der Waals surface area contributed by atoms with E-state index >= 15 is 0 Å². The average molecular weight is 352 g/mol. The minimum absolute atomic E-state index is 0.00523. The van der Waals surface area contributed by atoms with Crippen molar-refractivity contribution in [3.63, 3.8) is 0 Å². The number of benzene rings is 1. The Hall–Kier alpha value is -1.26. The molecule has 1 aromatic carbocycles. The number of furan rings is 1. The van der Waals surface area contributed by atoms with Crippen molar-refractivity contribution in [1.82, 2.24) is 5.32 Å². The molecule has 0 fully saturated rings. The van der Waals surface area contributed by atoms with Crippen LogP contribution in [-0.2, 0) is 6.42 Å². The summed E-state index contributed by atoms with van der Waals surface area (Å²) < 4.78 is 12.7. The van der Waals surface area contributed by atoms with E-state index in [4.69, 9.17) is 9.15 Å². The summed E-state index contributed by atoms with van der Waals surface area (Å²) in [5.41, 5.74) is 1.09. The number of hydrogen-bond acceptors (Lipinski definition) is 3. The van der Waals surface area contributed by atoms with Gasteiger partial charge >= 0.3 is 0 Å². The lowest BCUT2D eigenvalue weighted by Gasteiger charge is -2.20. The SMILES string of the molecule is CCNC(c1ccc(CC)o1)c1cc(Br)ccc1OCC. The lowest BCUT2D eigenvalue weighted by atomic mass is 10.0. The van der Waals surface area contributed by atoms with Crippen molar-refractivity contribution in [2.24, 2.45) is 0 Å². The summed E-state index contributed by atoms with van der Waals surface area (Å²) in [4.78, 5) is 0. The minimum Gasteiger partial charge on any atom is -0.494 e. The first-order valence-corrected chi connectivity index (χ1v) is 8.23. The van der Waals surface area contributed by atoms with E-state index in [1.807, 2.05) is 31.2 Å². The summed E-state index contributed by atoms with van der Waals surface area (Å²) in [6.45, 7) is 7.68. The molecule has 2 aromatic rings. The molecule has 0 aliphatic heterocycles. The van der Waals surface area contributed by atoms with Crippen LogP contribution in [0, 0.1) is 0 Å². The maximum absolute atomic E-state index is 5.94. The maximum Gasteiger partial charge on any atom is 0.125 e. The molecular weight excluding hydrogens is 330 g/mol. The molecule has 0 aliphatic carbocycles. The highest BCUT2D eigenvalue weighted by Gasteiger charge is 2.21. The molecule has 0 saturated heterocycles. The first kappa shape index (κ1) is 16.1. The number of hydrogen-bond donors (Lipinski definition) is 1. The standard InChI is InChI=1S/C17H22BrNO2/c1-4-13-8-10-16(21-13)17(19-5-2)14-11-12(18)7-9-15(14)20-6-3/h7-11,17,19H,4-6H2,1-3H3.